The molecule has 1 aliphatic heterocycles. The number of nitrogens with two attached hydrogens (primary N) is 1. The van der Waals surface area contributed by atoms with Gasteiger partial charge in [-0.15, -0.1) is 0 Å². The fraction of sp³-hybridized carbons (Fsp3) is 0.500. The van der Waals surface area contributed by atoms with E-state index in [4.69, 9.17) is 10.5 Å². The Morgan fingerprint density at radius 2 is 2.15 bits per heavy atom. The third-order valence-corrected chi connectivity index (χ3v) is 4.65. The summed E-state index contributed by atoms with van der Waals surface area (Å²) in [5.41, 5.74) is 7.01. The number of nitrogens with zero attached hydrogens (tertiary/aromatic N) is 1. The number of hydrogen-bond donors (Lipinski definition) is 1. The summed E-state index contributed by atoms with van der Waals surface area (Å²) in [7, 11) is 0.498. The number of carbonyl (C=O) groups is 1. The van der Waals surface area contributed by atoms with E-state index in [1.165, 1.54) is 4.90 Å². The van der Waals surface area contributed by atoms with Gasteiger partial charge in [0, 0.05) is 35.8 Å². The highest BCUT2D eigenvalue weighted by molar-refractivity contribution is 7.85. The predicted octanol–water partition coefficient (Wildman–Crippen LogP) is 1.16. The van der Waals surface area contributed by atoms with Crippen LogP contribution >= 0.6 is 0 Å². The van der Waals surface area contributed by atoms with Crippen molar-refractivity contribution in [2.45, 2.75) is 18.9 Å². The molecular formula is C14H20N2O3S. The van der Waals surface area contributed by atoms with E-state index in [2.05, 4.69) is 0 Å². The Morgan fingerprint density at radius 3 is 2.75 bits per heavy atom. The molecule has 1 heterocycles. The van der Waals surface area contributed by atoms with Crippen LogP contribution in [0.5, 0.6) is 0 Å². The van der Waals surface area contributed by atoms with Crippen LogP contribution in [-0.2, 0) is 20.3 Å². The van der Waals surface area contributed by atoms with Gasteiger partial charge in [-0.05, 0) is 37.1 Å². The summed E-state index contributed by atoms with van der Waals surface area (Å²) in [4.78, 5) is 13.6. The van der Waals surface area contributed by atoms with E-state index >= 15 is 0 Å². The third-order valence-electron chi connectivity index (χ3n) is 3.33. The van der Waals surface area contributed by atoms with Crippen LogP contribution in [0.15, 0.2) is 24.3 Å². The summed E-state index contributed by atoms with van der Waals surface area (Å²) >= 11 is 0. The van der Waals surface area contributed by atoms with E-state index in [1.54, 1.807) is 31.3 Å². The van der Waals surface area contributed by atoms with E-state index in [0.717, 1.165) is 25.1 Å². The third kappa shape index (κ3) is 4.05. The number of rotatable bonds is 5. The van der Waals surface area contributed by atoms with E-state index in [9.17, 15) is 9.00 Å². The van der Waals surface area contributed by atoms with Gasteiger partial charge in [-0.3, -0.25) is 9.00 Å². The average molecular weight is 296 g/mol. The van der Waals surface area contributed by atoms with Crippen LogP contribution in [0.2, 0.25) is 0 Å². The van der Waals surface area contributed by atoms with Gasteiger partial charge in [0.1, 0.15) is 5.75 Å². The van der Waals surface area contributed by atoms with Gasteiger partial charge in [0.05, 0.1) is 11.9 Å². The minimum absolute atomic E-state index is 0.0285. The molecule has 1 aliphatic rings. The first-order valence-corrected chi connectivity index (χ1v) is 8.14. The maximum absolute atomic E-state index is 12.1. The molecule has 2 atom stereocenters. The van der Waals surface area contributed by atoms with Crippen LogP contribution in [0.3, 0.4) is 0 Å². The van der Waals surface area contributed by atoms with Gasteiger partial charge >= 0.3 is 0 Å². The summed E-state index contributed by atoms with van der Waals surface area (Å²) in [6.45, 7) is 0.737. The van der Waals surface area contributed by atoms with Crippen LogP contribution in [0.4, 0.5) is 11.4 Å². The lowest BCUT2D eigenvalue weighted by atomic mass is 10.2. The van der Waals surface area contributed by atoms with Crippen LogP contribution in [-0.4, -0.2) is 41.4 Å². The van der Waals surface area contributed by atoms with Crippen molar-refractivity contribution >= 4 is 28.1 Å². The molecule has 1 aromatic carbocycles. The van der Waals surface area contributed by atoms with Gasteiger partial charge in [-0.2, -0.15) is 0 Å². The Morgan fingerprint density at radius 1 is 1.45 bits per heavy atom. The first-order valence-electron chi connectivity index (χ1n) is 6.65. The molecule has 0 radical (unpaired) electrons. The molecule has 2 unspecified atom stereocenters. The predicted molar refractivity (Wildman–Crippen MR) is 81.1 cm³/mol. The Hall–Kier alpha value is -1.40. The molecule has 0 aliphatic carbocycles. The molecule has 2 rings (SSSR count). The quantitative estimate of drug-likeness (QED) is 0.828. The zero-order valence-electron chi connectivity index (χ0n) is 11.6. The molecule has 110 valence electrons. The van der Waals surface area contributed by atoms with Crippen molar-refractivity contribution in [3.8, 4) is 0 Å². The largest absolute Gasteiger partial charge is 0.399 e. The Labute approximate surface area is 121 Å². The zero-order chi connectivity index (χ0) is 14.5. The van der Waals surface area contributed by atoms with Crippen LogP contribution in [0, 0.1) is 0 Å². The van der Waals surface area contributed by atoms with Gasteiger partial charge in [0.25, 0.3) is 0 Å². The molecule has 1 amide bonds. The zero-order valence-corrected chi connectivity index (χ0v) is 12.4. The van der Waals surface area contributed by atoms with Gasteiger partial charge < -0.3 is 15.4 Å². The number of ether oxygens (including phenoxy) is 1. The van der Waals surface area contributed by atoms with Crippen LogP contribution < -0.4 is 10.6 Å². The first kappa shape index (κ1) is 15.0. The van der Waals surface area contributed by atoms with Crippen molar-refractivity contribution in [1.82, 2.24) is 0 Å². The average Bonchev–Trinajstić information content (AvgIpc) is 2.91. The van der Waals surface area contributed by atoms with Crippen molar-refractivity contribution in [2.24, 2.45) is 0 Å². The molecule has 1 saturated heterocycles. The Bertz CT molecular complexity index is 484. The maximum Gasteiger partial charge on any atom is 0.239 e. The van der Waals surface area contributed by atoms with Gasteiger partial charge in [-0.25, -0.2) is 0 Å². The summed E-state index contributed by atoms with van der Waals surface area (Å²) in [5.74, 6) is 0.313. The van der Waals surface area contributed by atoms with E-state index in [-0.39, 0.29) is 17.8 Å². The second-order valence-electron chi connectivity index (χ2n) is 4.93. The number of nitrogen functional groups attached to an aromatic ring is 1. The normalized spacial score (nSPS) is 19.8. The molecular weight excluding hydrogens is 276 g/mol. The van der Waals surface area contributed by atoms with Crippen LogP contribution in [0.25, 0.3) is 0 Å². The molecule has 0 saturated carbocycles. The number of carbonyl (C=O) groups excluding carboxylic acids is 1. The summed E-state index contributed by atoms with van der Waals surface area (Å²) in [6.07, 6.45) is 2.00. The highest BCUT2D eigenvalue weighted by atomic mass is 32.2. The second-order valence-corrected chi connectivity index (χ2v) is 6.43. The molecule has 0 aromatic heterocycles. The van der Waals surface area contributed by atoms with E-state index < -0.39 is 10.8 Å². The lowest BCUT2D eigenvalue weighted by Crippen LogP contribution is -2.32. The number of anilines is 2. The van der Waals surface area contributed by atoms with Crippen molar-refractivity contribution in [3.63, 3.8) is 0 Å². The minimum Gasteiger partial charge on any atom is -0.399 e. The van der Waals surface area contributed by atoms with Crippen molar-refractivity contribution in [3.05, 3.63) is 24.3 Å². The number of amides is 1. The topological polar surface area (TPSA) is 72.6 Å². The summed E-state index contributed by atoms with van der Waals surface area (Å²) < 4.78 is 17.4. The summed E-state index contributed by atoms with van der Waals surface area (Å²) in [6, 6.07) is 7.03. The highest BCUT2D eigenvalue weighted by Crippen LogP contribution is 2.16. The van der Waals surface area contributed by atoms with Gasteiger partial charge in [-0.1, -0.05) is 0 Å². The number of hydrogen-bond acceptors (Lipinski definition) is 4. The van der Waals surface area contributed by atoms with E-state index in [1.807, 2.05) is 0 Å². The fourth-order valence-corrected chi connectivity index (χ4v) is 3.38. The number of benzene rings is 1. The monoisotopic (exact) mass is 296 g/mol. The molecule has 5 nitrogen and oxygen atoms in total. The molecule has 20 heavy (non-hydrogen) atoms. The highest BCUT2D eigenvalue weighted by Gasteiger charge is 2.21. The fourth-order valence-electron chi connectivity index (χ4n) is 2.12. The van der Waals surface area contributed by atoms with Crippen molar-refractivity contribution in [2.75, 3.05) is 35.8 Å². The SMILES string of the molecule is CN(C(=O)CS(=O)CC1CCCO1)c1ccc(N)cc1. The van der Waals surface area contributed by atoms with Gasteiger partial charge in [0.2, 0.25) is 5.91 Å². The smallest absolute Gasteiger partial charge is 0.239 e. The standard InChI is InChI=1S/C14H20N2O3S/c1-16(12-6-4-11(15)5-7-12)14(17)10-20(18)9-13-3-2-8-19-13/h4-7,13H,2-3,8-10,15H2,1H3. The maximum atomic E-state index is 12.1. The lowest BCUT2D eigenvalue weighted by molar-refractivity contribution is -0.115. The molecule has 2 N–H and O–H groups in total. The van der Waals surface area contributed by atoms with Crippen molar-refractivity contribution < 1.29 is 13.7 Å². The molecule has 6 heteroatoms. The molecule has 0 spiro atoms. The van der Waals surface area contributed by atoms with Gasteiger partial charge in [0.15, 0.2) is 0 Å². The molecule has 0 bridgehead atoms. The molecule has 1 fully saturated rings. The van der Waals surface area contributed by atoms with E-state index in [0.29, 0.717) is 11.4 Å². The summed E-state index contributed by atoms with van der Waals surface area (Å²) in [5, 5.41) is 0. The lowest BCUT2D eigenvalue weighted by Gasteiger charge is -2.17. The molecule has 1 aromatic rings. The van der Waals surface area contributed by atoms with Crippen molar-refractivity contribution in [1.29, 1.82) is 0 Å². The minimum atomic E-state index is -1.18. The Balaban J connectivity index is 1.86. The Kier molecular flexibility index (Phi) is 5.14. The second kappa shape index (κ2) is 6.85. The van der Waals surface area contributed by atoms with Crippen LogP contribution in [0.1, 0.15) is 12.8 Å². The first-order chi connectivity index (χ1) is 9.56.